The Morgan fingerprint density at radius 3 is 1.38 bits per heavy atom. The Hall–Kier alpha value is -2.64. The van der Waals surface area contributed by atoms with Crippen molar-refractivity contribution in [2.24, 2.45) is 0 Å². The third kappa shape index (κ3) is 1.90. The summed E-state index contributed by atoms with van der Waals surface area (Å²) >= 11 is 0. The molecular formula is C8H4N2O6. The van der Waals surface area contributed by atoms with E-state index >= 15 is 0 Å². The fourth-order valence-corrected chi connectivity index (χ4v) is 1.11. The molecule has 8 heteroatoms. The maximum Gasteiger partial charge on any atom is 0.346 e. The Morgan fingerprint density at radius 2 is 1.19 bits per heavy atom. The largest absolute Gasteiger partial charge is 0.346 e. The Bertz CT molecular complexity index is 451. The van der Waals surface area contributed by atoms with Crippen molar-refractivity contribution in [2.75, 3.05) is 0 Å². The van der Waals surface area contributed by atoms with Crippen LogP contribution >= 0.6 is 0 Å². The zero-order valence-corrected chi connectivity index (χ0v) is 7.65. The summed E-state index contributed by atoms with van der Waals surface area (Å²) in [5, 5.41) is 21.0. The predicted molar refractivity (Wildman–Crippen MR) is 50.5 cm³/mol. The molecule has 8 nitrogen and oxygen atoms in total. The van der Waals surface area contributed by atoms with Gasteiger partial charge in [-0.1, -0.05) is 0 Å². The first kappa shape index (κ1) is 11.4. The van der Waals surface area contributed by atoms with Crippen LogP contribution in [0.4, 0.5) is 11.4 Å². The van der Waals surface area contributed by atoms with Gasteiger partial charge in [-0.15, -0.1) is 0 Å². The summed E-state index contributed by atoms with van der Waals surface area (Å²) in [6.45, 7) is 0. The van der Waals surface area contributed by atoms with Gasteiger partial charge in [-0.25, -0.2) is 0 Å². The van der Waals surface area contributed by atoms with Crippen LogP contribution in [0.5, 0.6) is 0 Å². The van der Waals surface area contributed by atoms with E-state index in [2.05, 4.69) is 0 Å². The lowest BCUT2D eigenvalue weighted by atomic mass is 10.1. The molecule has 1 aromatic rings. The molecule has 0 bridgehead atoms. The Labute approximate surface area is 87.8 Å². The minimum Gasteiger partial charge on any atom is -0.298 e. The van der Waals surface area contributed by atoms with Gasteiger partial charge in [0.25, 0.3) is 0 Å². The molecule has 0 radical (unpaired) electrons. The first-order valence-corrected chi connectivity index (χ1v) is 3.88. The number of aldehydes is 2. The number of nitro benzene ring substituents is 2. The molecular weight excluding hydrogens is 220 g/mol. The first-order valence-electron chi connectivity index (χ1n) is 3.88. The lowest BCUT2D eigenvalue weighted by Gasteiger charge is -1.98. The molecule has 1 aromatic carbocycles. The van der Waals surface area contributed by atoms with E-state index in [1.165, 1.54) is 0 Å². The Morgan fingerprint density at radius 1 is 0.875 bits per heavy atom. The summed E-state index contributed by atoms with van der Waals surface area (Å²) in [5.74, 6) is 0. The monoisotopic (exact) mass is 224 g/mol. The molecule has 0 fully saturated rings. The van der Waals surface area contributed by atoms with Crippen molar-refractivity contribution in [3.63, 3.8) is 0 Å². The SMILES string of the molecule is O=Cc1cc([N+](=O)[O-])c([N+](=O)[O-])cc1C=O. The highest BCUT2D eigenvalue weighted by Crippen LogP contribution is 2.28. The van der Waals surface area contributed by atoms with Gasteiger partial charge in [0, 0.05) is 23.3 Å². The summed E-state index contributed by atoms with van der Waals surface area (Å²) < 4.78 is 0. The van der Waals surface area contributed by atoms with Crippen molar-refractivity contribution in [3.05, 3.63) is 43.5 Å². The number of benzene rings is 1. The minimum absolute atomic E-state index is 0.223. The van der Waals surface area contributed by atoms with Crippen LogP contribution in [0.3, 0.4) is 0 Å². The number of carbonyl (C=O) groups excluding carboxylic acids is 2. The second-order valence-corrected chi connectivity index (χ2v) is 2.72. The lowest BCUT2D eigenvalue weighted by molar-refractivity contribution is -0.422. The Balaban J connectivity index is 3.59. The zero-order valence-electron chi connectivity index (χ0n) is 7.65. The van der Waals surface area contributed by atoms with Gasteiger partial charge in [0.2, 0.25) is 0 Å². The molecule has 0 amide bonds. The highest BCUT2D eigenvalue weighted by molar-refractivity contribution is 5.92. The summed E-state index contributed by atoms with van der Waals surface area (Å²) in [6, 6.07) is 1.41. The minimum atomic E-state index is -0.986. The van der Waals surface area contributed by atoms with Crippen LogP contribution in [0.25, 0.3) is 0 Å². The maximum absolute atomic E-state index is 10.5. The Kier molecular flexibility index (Phi) is 3.04. The van der Waals surface area contributed by atoms with E-state index in [4.69, 9.17) is 0 Å². The molecule has 0 N–H and O–H groups in total. The van der Waals surface area contributed by atoms with Crippen molar-refractivity contribution in [3.8, 4) is 0 Å². The number of nitro groups is 2. The predicted octanol–water partition coefficient (Wildman–Crippen LogP) is 1.13. The molecule has 0 aromatic heterocycles. The molecule has 0 heterocycles. The van der Waals surface area contributed by atoms with E-state index in [1.807, 2.05) is 0 Å². The van der Waals surface area contributed by atoms with Crippen molar-refractivity contribution >= 4 is 23.9 Å². The van der Waals surface area contributed by atoms with Crippen LogP contribution in [0.15, 0.2) is 12.1 Å². The first-order chi connectivity index (χ1) is 7.51. The standard InChI is InChI=1S/C8H4N2O6/c11-3-5-1-7(9(13)14)8(10(15)16)2-6(5)4-12/h1-4H. The van der Waals surface area contributed by atoms with E-state index in [0.29, 0.717) is 12.1 Å². The molecule has 0 saturated heterocycles. The van der Waals surface area contributed by atoms with Crippen molar-refractivity contribution in [1.29, 1.82) is 0 Å². The van der Waals surface area contributed by atoms with Gasteiger partial charge in [0.15, 0.2) is 12.6 Å². The van der Waals surface area contributed by atoms with Gasteiger partial charge < -0.3 is 0 Å². The maximum atomic E-state index is 10.5. The molecule has 0 aliphatic rings. The van der Waals surface area contributed by atoms with Crippen LogP contribution in [0.2, 0.25) is 0 Å². The summed E-state index contributed by atoms with van der Waals surface area (Å²) in [4.78, 5) is 40.0. The molecule has 0 unspecified atom stereocenters. The smallest absolute Gasteiger partial charge is 0.298 e. The van der Waals surface area contributed by atoms with E-state index in [-0.39, 0.29) is 23.7 Å². The average molecular weight is 224 g/mol. The molecule has 0 aliphatic heterocycles. The third-order valence-corrected chi connectivity index (χ3v) is 1.83. The van der Waals surface area contributed by atoms with Crippen LogP contribution in [-0.2, 0) is 0 Å². The topological polar surface area (TPSA) is 120 Å². The molecule has 16 heavy (non-hydrogen) atoms. The normalized spacial score (nSPS) is 9.50. The third-order valence-electron chi connectivity index (χ3n) is 1.83. The number of hydrogen-bond acceptors (Lipinski definition) is 6. The average Bonchev–Trinajstić information content (AvgIpc) is 2.26. The van der Waals surface area contributed by atoms with E-state index < -0.39 is 21.2 Å². The number of hydrogen-bond donors (Lipinski definition) is 0. The fraction of sp³-hybridized carbons (Fsp3) is 0. The van der Waals surface area contributed by atoms with Gasteiger partial charge in [-0.3, -0.25) is 29.8 Å². The molecule has 0 saturated carbocycles. The highest BCUT2D eigenvalue weighted by atomic mass is 16.6. The van der Waals surface area contributed by atoms with Crippen molar-refractivity contribution in [2.45, 2.75) is 0 Å². The van der Waals surface area contributed by atoms with E-state index in [1.54, 1.807) is 0 Å². The second-order valence-electron chi connectivity index (χ2n) is 2.72. The number of nitrogens with zero attached hydrogens (tertiary/aromatic N) is 2. The van der Waals surface area contributed by atoms with Crippen LogP contribution in [0.1, 0.15) is 20.7 Å². The quantitative estimate of drug-likeness (QED) is 0.429. The van der Waals surface area contributed by atoms with Crippen LogP contribution < -0.4 is 0 Å². The zero-order chi connectivity index (χ0) is 12.3. The van der Waals surface area contributed by atoms with E-state index in [9.17, 15) is 29.8 Å². The molecule has 0 aliphatic carbocycles. The summed E-state index contributed by atoms with van der Waals surface area (Å²) in [6.07, 6.45) is 0.445. The van der Waals surface area contributed by atoms with E-state index in [0.717, 1.165) is 0 Å². The fourth-order valence-electron chi connectivity index (χ4n) is 1.11. The van der Waals surface area contributed by atoms with Gasteiger partial charge in [-0.2, -0.15) is 0 Å². The van der Waals surface area contributed by atoms with Gasteiger partial charge >= 0.3 is 11.4 Å². The molecule has 0 atom stereocenters. The molecule has 82 valence electrons. The van der Waals surface area contributed by atoms with Crippen LogP contribution in [0, 0.1) is 20.2 Å². The van der Waals surface area contributed by atoms with Crippen LogP contribution in [-0.4, -0.2) is 22.4 Å². The molecule has 1 rings (SSSR count). The number of carbonyl (C=O) groups is 2. The van der Waals surface area contributed by atoms with Gasteiger partial charge in [-0.05, 0) is 0 Å². The second kappa shape index (κ2) is 4.26. The van der Waals surface area contributed by atoms with Gasteiger partial charge in [0.05, 0.1) is 9.85 Å². The molecule has 0 spiro atoms. The van der Waals surface area contributed by atoms with Crippen molar-refractivity contribution < 1.29 is 19.4 Å². The number of rotatable bonds is 4. The highest BCUT2D eigenvalue weighted by Gasteiger charge is 2.26. The lowest BCUT2D eigenvalue weighted by Crippen LogP contribution is -2.01. The summed E-state index contributed by atoms with van der Waals surface area (Å²) in [7, 11) is 0. The summed E-state index contributed by atoms with van der Waals surface area (Å²) in [5.41, 5.74) is -2.16. The van der Waals surface area contributed by atoms with Gasteiger partial charge in [0.1, 0.15) is 0 Å². The van der Waals surface area contributed by atoms with Crippen molar-refractivity contribution in [1.82, 2.24) is 0 Å².